The van der Waals surface area contributed by atoms with Crippen molar-refractivity contribution < 1.29 is 0 Å². The van der Waals surface area contributed by atoms with Crippen LogP contribution in [0.25, 0.3) is 122 Å². The third-order valence-corrected chi connectivity index (χ3v) is 12.8. The predicted octanol–water partition coefficient (Wildman–Crippen LogP) is 16.0. The van der Waals surface area contributed by atoms with Gasteiger partial charge in [-0.2, -0.15) is 5.26 Å². The number of hydrogen-bond acceptors (Lipinski definition) is 4. The lowest BCUT2D eigenvalue weighted by molar-refractivity contribution is 1.07. The van der Waals surface area contributed by atoms with Crippen LogP contribution in [0, 0.1) is 11.3 Å². The Labute approximate surface area is 382 Å². The molecule has 306 valence electrons. The summed E-state index contributed by atoms with van der Waals surface area (Å²) < 4.78 is 0. The molecule has 0 fully saturated rings. The van der Waals surface area contributed by atoms with Crippen LogP contribution in [0.15, 0.2) is 231 Å². The fraction of sp³-hybridized carbons (Fsp3) is 0. The molecule has 4 heteroatoms. The van der Waals surface area contributed by atoms with Crippen LogP contribution >= 0.6 is 0 Å². The van der Waals surface area contributed by atoms with Crippen LogP contribution in [0.4, 0.5) is 0 Å². The zero-order valence-electron chi connectivity index (χ0n) is 35.7. The molecule has 12 rings (SSSR count). The van der Waals surface area contributed by atoms with E-state index < -0.39 is 0 Å². The highest BCUT2D eigenvalue weighted by atomic mass is 15.0. The SMILES string of the molecule is N#Cc1cccc(-c2ccccc2-c2cccc3ccc4ccccc4c23)c1-c1cccc(-c2ccc(-c3nc(-c4ccccc4)nc(-c4ccc5ccc6ccccc6c5c4)n3)cc2)c1. The first kappa shape index (κ1) is 38.6. The lowest BCUT2D eigenvalue weighted by atomic mass is 9.85. The number of aromatic nitrogens is 3. The van der Waals surface area contributed by atoms with Crippen LogP contribution in [0.1, 0.15) is 5.56 Å². The van der Waals surface area contributed by atoms with Crippen LogP contribution in [0.2, 0.25) is 0 Å². The lowest BCUT2D eigenvalue weighted by Crippen LogP contribution is -2.00. The summed E-state index contributed by atoms with van der Waals surface area (Å²) in [4.78, 5) is 15.2. The van der Waals surface area contributed by atoms with Gasteiger partial charge < -0.3 is 0 Å². The van der Waals surface area contributed by atoms with E-state index in [4.69, 9.17) is 15.0 Å². The molecule has 1 heterocycles. The summed E-state index contributed by atoms with van der Waals surface area (Å²) >= 11 is 0. The van der Waals surface area contributed by atoms with Crippen molar-refractivity contribution in [3.05, 3.63) is 236 Å². The van der Waals surface area contributed by atoms with E-state index in [0.29, 0.717) is 23.0 Å². The van der Waals surface area contributed by atoms with Gasteiger partial charge in [0.1, 0.15) is 0 Å². The Morgan fingerprint density at radius 1 is 0.288 bits per heavy atom. The first-order valence-electron chi connectivity index (χ1n) is 22.1. The summed E-state index contributed by atoms with van der Waals surface area (Å²) in [6, 6.07) is 83.0. The van der Waals surface area contributed by atoms with Gasteiger partial charge in [-0.1, -0.05) is 212 Å². The number of rotatable bonds is 7. The molecule has 0 saturated carbocycles. The highest BCUT2D eigenvalue weighted by Crippen LogP contribution is 2.44. The van der Waals surface area contributed by atoms with Crippen molar-refractivity contribution in [2.24, 2.45) is 0 Å². The molecule has 0 N–H and O–H groups in total. The Hall–Kier alpha value is -9.04. The lowest BCUT2D eigenvalue weighted by Gasteiger charge is -2.18. The molecular formula is C62H38N4. The quantitative estimate of drug-likeness (QED) is 0.150. The Balaban J connectivity index is 0.937. The molecule has 11 aromatic carbocycles. The van der Waals surface area contributed by atoms with E-state index in [-0.39, 0.29) is 0 Å². The second kappa shape index (κ2) is 16.3. The average molecular weight is 839 g/mol. The standard InChI is InChI=1S/C62H38N4/c63-39-50-20-12-25-55(53-23-8-9-24-54(53)56-26-11-17-44-33-31-42-14-5-7-22-52(42)59(44)56)58(50)48-19-10-18-47(37-48)40-27-34-46(35-28-40)61-64-60(45-15-2-1-3-16-45)65-62(66-61)49-36-32-43-30-29-41-13-4-6-21-51(41)57(43)38-49/h1-38H. The van der Waals surface area contributed by atoms with Crippen molar-refractivity contribution in [1.29, 1.82) is 5.26 Å². The molecule has 0 aliphatic rings. The van der Waals surface area contributed by atoms with Gasteiger partial charge in [0.2, 0.25) is 0 Å². The molecule has 0 atom stereocenters. The van der Waals surface area contributed by atoms with Crippen LogP contribution in [-0.4, -0.2) is 15.0 Å². The molecule has 0 bridgehead atoms. The molecule has 0 amide bonds. The van der Waals surface area contributed by atoms with Crippen LogP contribution in [-0.2, 0) is 0 Å². The van der Waals surface area contributed by atoms with Crippen molar-refractivity contribution in [2.75, 3.05) is 0 Å². The fourth-order valence-electron chi connectivity index (χ4n) is 9.58. The second-order valence-electron chi connectivity index (χ2n) is 16.6. The van der Waals surface area contributed by atoms with Crippen LogP contribution in [0.3, 0.4) is 0 Å². The molecule has 0 spiro atoms. The minimum absolute atomic E-state index is 0.600. The fourth-order valence-corrected chi connectivity index (χ4v) is 9.58. The van der Waals surface area contributed by atoms with Crippen molar-refractivity contribution in [3.8, 4) is 84.7 Å². The zero-order valence-corrected chi connectivity index (χ0v) is 35.7. The molecule has 12 aromatic rings. The summed E-state index contributed by atoms with van der Waals surface area (Å²) in [5.74, 6) is 1.84. The third kappa shape index (κ3) is 6.84. The Morgan fingerprint density at radius 3 is 1.52 bits per heavy atom. The van der Waals surface area contributed by atoms with Gasteiger partial charge in [0.15, 0.2) is 17.5 Å². The minimum Gasteiger partial charge on any atom is -0.208 e. The maximum absolute atomic E-state index is 10.6. The van der Waals surface area contributed by atoms with E-state index in [1.165, 1.54) is 37.7 Å². The van der Waals surface area contributed by atoms with Crippen molar-refractivity contribution in [1.82, 2.24) is 15.0 Å². The van der Waals surface area contributed by atoms with Crippen LogP contribution < -0.4 is 0 Å². The van der Waals surface area contributed by atoms with E-state index in [1.807, 2.05) is 42.5 Å². The molecular weight excluding hydrogens is 801 g/mol. The van der Waals surface area contributed by atoms with E-state index in [1.54, 1.807) is 0 Å². The number of nitriles is 1. The van der Waals surface area contributed by atoms with Gasteiger partial charge in [-0.25, -0.2) is 15.0 Å². The Kier molecular flexibility index (Phi) is 9.51. The Bertz CT molecular complexity index is 3890. The maximum Gasteiger partial charge on any atom is 0.164 e. The second-order valence-corrected chi connectivity index (χ2v) is 16.6. The minimum atomic E-state index is 0.600. The third-order valence-electron chi connectivity index (χ3n) is 12.8. The van der Waals surface area contributed by atoms with E-state index in [2.05, 4.69) is 194 Å². The molecule has 0 saturated heterocycles. The van der Waals surface area contributed by atoms with Gasteiger partial charge >= 0.3 is 0 Å². The van der Waals surface area contributed by atoms with Crippen molar-refractivity contribution >= 4 is 43.1 Å². The predicted molar refractivity (Wildman–Crippen MR) is 273 cm³/mol. The van der Waals surface area contributed by atoms with Gasteiger partial charge in [0.05, 0.1) is 11.6 Å². The number of hydrogen-bond donors (Lipinski definition) is 0. The van der Waals surface area contributed by atoms with Gasteiger partial charge in [-0.3, -0.25) is 0 Å². The molecule has 0 unspecified atom stereocenters. The highest BCUT2D eigenvalue weighted by Gasteiger charge is 2.19. The van der Waals surface area contributed by atoms with Crippen LogP contribution in [0.5, 0.6) is 0 Å². The number of fused-ring (bicyclic) bond motifs is 6. The average Bonchev–Trinajstić information content (AvgIpc) is 3.40. The van der Waals surface area contributed by atoms with Gasteiger partial charge in [0.25, 0.3) is 0 Å². The zero-order chi connectivity index (χ0) is 44.0. The molecule has 66 heavy (non-hydrogen) atoms. The maximum atomic E-state index is 10.6. The molecule has 0 aliphatic heterocycles. The molecule has 0 aliphatic carbocycles. The summed E-state index contributed by atoms with van der Waals surface area (Å²) in [6.45, 7) is 0. The van der Waals surface area contributed by atoms with Crippen molar-refractivity contribution in [3.63, 3.8) is 0 Å². The largest absolute Gasteiger partial charge is 0.208 e. The Morgan fingerprint density at radius 2 is 0.758 bits per heavy atom. The first-order chi connectivity index (χ1) is 32.7. The number of benzene rings is 11. The van der Waals surface area contributed by atoms with Crippen molar-refractivity contribution in [2.45, 2.75) is 0 Å². The van der Waals surface area contributed by atoms with Gasteiger partial charge in [0, 0.05) is 22.3 Å². The highest BCUT2D eigenvalue weighted by molar-refractivity contribution is 6.16. The molecule has 0 radical (unpaired) electrons. The summed E-state index contributed by atoms with van der Waals surface area (Å²) in [7, 11) is 0. The monoisotopic (exact) mass is 838 g/mol. The normalized spacial score (nSPS) is 11.3. The summed E-state index contributed by atoms with van der Waals surface area (Å²) in [5, 5.41) is 20.2. The topological polar surface area (TPSA) is 62.5 Å². The summed E-state index contributed by atoms with van der Waals surface area (Å²) in [6.07, 6.45) is 0. The first-order valence-corrected chi connectivity index (χ1v) is 22.1. The van der Waals surface area contributed by atoms with E-state index in [9.17, 15) is 5.26 Å². The smallest absolute Gasteiger partial charge is 0.164 e. The number of nitrogens with zero attached hydrogens (tertiary/aromatic N) is 4. The van der Waals surface area contributed by atoms with Gasteiger partial charge in [-0.05, 0) is 100 Å². The van der Waals surface area contributed by atoms with Gasteiger partial charge in [-0.15, -0.1) is 0 Å². The molecule has 4 nitrogen and oxygen atoms in total. The van der Waals surface area contributed by atoms with E-state index >= 15 is 0 Å². The molecule has 1 aromatic heterocycles. The van der Waals surface area contributed by atoms with E-state index in [0.717, 1.165) is 66.6 Å². The summed E-state index contributed by atoms with van der Waals surface area (Å²) in [5.41, 5.74) is 11.7.